The third-order valence-corrected chi connectivity index (χ3v) is 6.30. The summed E-state index contributed by atoms with van der Waals surface area (Å²) in [4.78, 5) is 34.1. The number of rotatable bonds is 8. The number of amides is 2. The summed E-state index contributed by atoms with van der Waals surface area (Å²) in [7, 11) is 0. The molecule has 2 heterocycles. The summed E-state index contributed by atoms with van der Waals surface area (Å²) < 4.78 is 41.0. The average Bonchev–Trinajstić information content (AvgIpc) is 2.88. The molecule has 10 heteroatoms. The Morgan fingerprint density at radius 2 is 1.65 bits per heavy atom. The molecular formula is C27H28F3N5O2. The van der Waals surface area contributed by atoms with Crippen molar-refractivity contribution < 1.29 is 22.8 Å². The van der Waals surface area contributed by atoms with Crippen LogP contribution >= 0.6 is 0 Å². The Hall–Kier alpha value is -3.79. The first-order valence-electron chi connectivity index (χ1n) is 12.1. The van der Waals surface area contributed by atoms with Gasteiger partial charge in [-0.3, -0.25) is 9.59 Å². The summed E-state index contributed by atoms with van der Waals surface area (Å²) >= 11 is 0. The fourth-order valence-corrected chi connectivity index (χ4v) is 4.38. The van der Waals surface area contributed by atoms with E-state index in [9.17, 15) is 22.8 Å². The van der Waals surface area contributed by atoms with Crippen LogP contribution in [0, 0.1) is 0 Å². The number of carbonyl (C=O) groups is 2. The summed E-state index contributed by atoms with van der Waals surface area (Å²) in [6.07, 6.45) is -3.22. The van der Waals surface area contributed by atoms with Gasteiger partial charge in [0.05, 0.1) is 17.7 Å². The van der Waals surface area contributed by atoms with Crippen LogP contribution in [-0.4, -0.2) is 52.9 Å². The molecule has 3 aromatic rings. The van der Waals surface area contributed by atoms with Crippen molar-refractivity contribution in [3.05, 3.63) is 94.1 Å². The first-order valence-corrected chi connectivity index (χ1v) is 12.1. The van der Waals surface area contributed by atoms with Crippen molar-refractivity contribution >= 4 is 11.8 Å². The molecule has 3 N–H and O–H groups in total. The lowest BCUT2D eigenvalue weighted by Gasteiger charge is -2.27. The maximum atomic E-state index is 13.7. The average molecular weight is 512 g/mol. The van der Waals surface area contributed by atoms with Gasteiger partial charge in [0.1, 0.15) is 5.82 Å². The molecule has 0 spiro atoms. The minimum Gasteiger partial charge on any atom is -0.369 e. The predicted octanol–water partition coefficient (Wildman–Crippen LogP) is 2.94. The zero-order valence-electron chi connectivity index (χ0n) is 20.2. The quantitative estimate of drug-likeness (QED) is 0.484. The van der Waals surface area contributed by atoms with Crippen molar-refractivity contribution in [2.24, 2.45) is 5.73 Å². The molecule has 0 unspecified atom stereocenters. The molecule has 2 amide bonds. The maximum absolute atomic E-state index is 13.7. The summed E-state index contributed by atoms with van der Waals surface area (Å²) in [5.74, 6) is -0.291. The number of primary amides is 1. The molecule has 7 nitrogen and oxygen atoms in total. The molecule has 0 bridgehead atoms. The number of alkyl halides is 3. The van der Waals surface area contributed by atoms with Crippen LogP contribution in [0.4, 0.5) is 13.2 Å². The number of nitrogens with zero attached hydrogens (tertiary/aromatic N) is 3. The summed E-state index contributed by atoms with van der Waals surface area (Å²) in [5.41, 5.74) is 7.12. The summed E-state index contributed by atoms with van der Waals surface area (Å²) in [6, 6.07) is 14.0. The van der Waals surface area contributed by atoms with Crippen molar-refractivity contribution in [1.29, 1.82) is 0 Å². The Labute approximate surface area is 212 Å². The Kier molecular flexibility index (Phi) is 8.17. The van der Waals surface area contributed by atoms with E-state index in [2.05, 4.69) is 15.3 Å². The zero-order chi connectivity index (χ0) is 26.4. The Morgan fingerprint density at radius 1 is 0.973 bits per heavy atom. The fraction of sp³-hybridized carbons (Fsp3) is 0.333. The standard InChI is InChI=1S/C27H28F3N5O2/c28-27(29,30)22-17-33-25(34-23(22)10-9-19-3-1-2-4-21(19)16-24(31)36)15-18-5-7-20(8-6-18)26(37)35-13-11-32-12-14-35/h1-8,17,32H,9-16H2,(H2,31,36). The van der Waals surface area contributed by atoms with Gasteiger partial charge in [0.15, 0.2) is 0 Å². The molecule has 1 saturated heterocycles. The summed E-state index contributed by atoms with van der Waals surface area (Å²) in [6.45, 7) is 2.81. The van der Waals surface area contributed by atoms with Gasteiger partial charge in [0.2, 0.25) is 5.91 Å². The number of nitrogens with one attached hydrogen (secondary N) is 1. The van der Waals surface area contributed by atoms with Gasteiger partial charge < -0.3 is 16.0 Å². The van der Waals surface area contributed by atoms with Crippen LogP contribution in [0.2, 0.25) is 0 Å². The van der Waals surface area contributed by atoms with Crippen molar-refractivity contribution in [3.8, 4) is 0 Å². The van der Waals surface area contributed by atoms with E-state index in [1.807, 2.05) is 0 Å². The highest BCUT2D eigenvalue weighted by Gasteiger charge is 2.34. The van der Waals surface area contributed by atoms with Crippen molar-refractivity contribution in [2.45, 2.75) is 31.9 Å². The van der Waals surface area contributed by atoms with Crippen LogP contribution in [0.3, 0.4) is 0 Å². The van der Waals surface area contributed by atoms with Gasteiger partial charge in [-0.2, -0.15) is 13.2 Å². The normalized spacial score (nSPS) is 14.0. The second kappa shape index (κ2) is 11.5. The number of hydrogen-bond donors (Lipinski definition) is 2. The van der Waals surface area contributed by atoms with Gasteiger partial charge >= 0.3 is 6.18 Å². The van der Waals surface area contributed by atoms with Gasteiger partial charge in [0, 0.05) is 44.4 Å². The number of halogens is 3. The Balaban J connectivity index is 1.50. The highest BCUT2D eigenvalue weighted by atomic mass is 19.4. The van der Waals surface area contributed by atoms with E-state index in [1.165, 1.54) is 0 Å². The topological polar surface area (TPSA) is 101 Å². The van der Waals surface area contributed by atoms with E-state index in [1.54, 1.807) is 53.4 Å². The van der Waals surface area contributed by atoms with Crippen LogP contribution in [0.5, 0.6) is 0 Å². The van der Waals surface area contributed by atoms with Crippen LogP contribution in [-0.2, 0) is 36.7 Å². The van der Waals surface area contributed by atoms with Crippen molar-refractivity contribution in [1.82, 2.24) is 20.2 Å². The number of hydrogen-bond acceptors (Lipinski definition) is 5. The molecule has 0 radical (unpaired) electrons. The molecule has 4 rings (SSSR count). The smallest absolute Gasteiger partial charge is 0.369 e. The number of benzene rings is 2. The van der Waals surface area contributed by atoms with Crippen LogP contribution in [0.25, 0.3) is 0 Å². The molecule has 1 fully saturated rings. The third-order valence-electron chi connectivity index (χ3n) is 6.30. The molecule has 2 aromatic carbocycles. The number of aryl methyl sites for hydroxylation is 2. The highest BCUT2D eigenvalue weighted by molar-refractivity contribution is 5.94. The fourth-order valence-electron chi connectivity index (χ4n) is 4.38. The van der Waals surface area contributed by atoms with Gasteiger partial charge in [-0.1, -0.05) is 36.4 Å². The molecule has 0 saturated carbocycles. The maximum Gasteiger partial charge on any atom is 0.419 e. The second-order valence-corrected chi connectivity index (χ2v) is 8.97. The van der Waals surface area contributed by atoms with Crippen molar-refractivity contribution in [2.75, 3.05) is 26.2 Å². The lowest BCUT2D eigenvalue weighted by molar-refractivity contribution is -0.138. The molecule has 37 heavy (non-hydrogen) atoms. The molecule has 1 aromatic heterocycles. The molecule has 1 aliphatic rings. The van der Waals surface area contributed by atoms with Crippen LogP contribution in [0.15, 0.2) is 54.7 Å². The molecular weight excluding hydrogens is 483 g/mol. The summed E-state index contributed by atoms with van der Waals surface area (Å²) in [5, 5.41) is 3.21. The van der Waals surface area contributed by atoms with Gasteiger partial charge in [-0.05, 0) is 41.7 Å². The lowest BCUT2D eigenvalue weighted by atomic mass is 9.98. The largest absolute Gasteiger partial charge is 0.419 e. The molecule has 1 aliphatic heterocycles. The van der Waals surface area contributed by atoms with E-state index in [-0.39, 0.29) is 43.1 Å². The SMILES string of the molecule is NC(=O)Cc1ccccc1CCc1nc(Cc2ccc(C(=O)N3CCNCC3)cc2)ncc1C(F)(F)F. The van der Waals surface area contributed by atoms with E-state index in [0.717, 1.165) is 30.4 Å². The zero-order valence-corrected chi connectivity index (χ0v) is 20.2. The molecule has 0 aliphatic carbocycles. The van der Waals surface area contributed by atoms with Gasteiger partial charge in [0.25, 0.3) is 5.91 Å². The van der Waals surface area contributed by atoms with Crippen LogP contribution in [0.1, 0.15) is 44.1 Å². The van der Waals surface area contributed by atoms with E-state index < -0.39 is 17.6 Å². The van der Waals surface area contributed by atoms with Gasteiger partial charge in [-0.25, -0.2) is 9.97 Å². The van der Waals surface area contributed by atoms with E-state index in [0.29, 0.717) is 24.2 Å². The predicted molar refractivity (Wildman–Crippen MR) is 132 cm³/mol. The number of aromatic nitrogens is 2. The minimum atomic E-state index is -4.59. The monoisotopic (exact) mass is 511 g/mol. The third kappa shape index (κ3) is 6.91. The Morgan fingerprint density at radius 3 is 2.30 bits per heavy atom. The van der Waals surface area contributed by atoms with E-state index in [4.69, 9.17) is 5.73 Å². The van der Waals surface area contributed by atoms with E-state index >= 15 is 0 Å². The highest BCUT2D eigenvalue weighted by Crippen LogP contribution is 2.31. The Bertz CT molecular complexity index is 1260. The molecule has 194 valence electrons. The number of carbonyl (C=O) groups excluding carboxylic acids is 2. The molecule has 0 atom stereocenters. The number of nitrogens with two attached hydrogens (primary N) is 1. The lowest BCUT2D eigenvalue weighted by Crippen LogP contribution is -2.46. The first kappa shape index (κ1) is 26.3. The first-order chi connectivity index (χ1) is 17.7. The number of piperazine rings is 1. The second-order valence-electron chi connectivity index (χ2n) is 8.97. The van der Waals surface area contributed by atoms with Gasteiger partial charge in [-0.15, -0.1) is 0 Å². The van der Waals surface area contributed by atoms with Crippen LogP contribution < -0.4 is 11.1 Å². The minimum absolute atomic E-state index is 0.0183. The van der Waals surface area contributed by atoms with Crippen molar-refractivity contribution in [3.63, 3.8) is 0 Å².